The Morgan fingerprint density at radius 2 is 2.00 bits per heavy atom. The van der Waals surface area contributed by atoms with Crippen molar-refractivity contribution in [3.8, 4) is 0 Å². The molecule has 1 aromatic heterocycles. The van der Waals surface area contributed by atoms with Crippen molar-refractivity contribution in [1.29, 1.82) is 0 Å². The maximum atomic E-state index is 12.3. The number of hydrogen-bond acceptors (Lipinski definition) is 5. The Kier molecular flexibility index (Phi) is 7.37. The molecule has 156 valence electrons. The first-order valence-corrected chi connectivity index (χ1v) is 8.43. The van der Waals surface area contributed by atoms with Crippen LogP contribution in [0.4, 0.5) is 29.5 Å². The fraction of sp³-hybridized carbons (Fsp3) is 0.278. The number of hydrogen-bond donors (Lipinski definition) is 4. The molecule has 0 bridgehead atoms. The molecular weight excluding hydrogens is 389 g/mol. The van der Waals surface area contributed by atoms with Crippen molar-refractivity contribution < 1.29 is 22.7 Å². The van der Waals surface area contributed by atoms with E-state index in [2.05, 4.69) is 20.6 Å². The molecule has 0 aliphatic rings. The summed E-state index contributed by atoms with van der Waals surface area (Å²) >= 11 is 0. The highest BCUT2D eigenvalue weighted by Gasteiger charge is 2.26. The van der Waals surface area contributed by atoms with Crippen LogP contribution in [0.15, 0.2) is 47.6 Å². The van der Waals surface area contributed by atoms with Crippen molar-refractivity contribution >= 4 is 23.4 Å². The summed E-state index contributed by atoms with van der Waals surface area (Å²) in [4.78, 5) is 19.5. The Morgan fingerprint density at radius 1 is 1.31 bits per heavy atom. The average molecular weight is 410 g/mol. The van der Waals surface area contributed by atoms with Crippen molar-refractivity contribution in [1.82, 2.24) is 10.3 Å². The number of alkyl halides is 3. The Balaban J connectivity index is 2.06. The summed E-state index contributed by atoms with van der Waals surface area (Å²) in [7, 11) is 1.52. The van der Waals surface area contributed by atoms with Gasteiger partial charge in [-0.2, -0.15) is 13.2 Å². The molecular formula is C18H21F3N6O2. The number of aliphatic imine (C=N–C) groups is 1. The first-order valence-electron chi connectivity index (χ1n) is 8.43. The zero-order valence-electron chi connectivity index (χ0n) is 15.5. The van der Waals surface area contributed by atoms with Gasteiger partial charge in [-0.25, -0.2) is 9.78 Å². The second-order valence-corrected chi connectivity index (χ2v) is 5.99. The lowest BCUT2D eigenvalue weighted by molar-refractivity contribution is -0.118. The van der Waals surface area contributed by atoms with E-state index < -0.39 is 30.6 Å². The van der Waals surface area contributed by atoms with Gasteiger partial charge < -0.3 is 21.5 Å². The van der Waals surface area contributed by atoms with Crippen LogP contribution >= 0.6 is 0 Å². The van der Waals surface area contributed by atoms with Crippen LogP contribution < -0.4 is 22.1 Å². The van der Waals surface area contributed by atoms with Gasteiger partial charge in [0.25, 0.3) is 0 Å². The highest BCUT2D eigenvalue weighted by Crippen LogP contribution is 2.18. The first-order chi connectivity index (χ1) is 13.7. The number of nitrogens with two attached hydrogens (primary N) is 2. The summed E-state index contributed by atoms with van der Waals surface area (Å²) < 4.78 is 41.9. The SMILES string of the molecule is COCC(NC(=O)Nc1cc(N)c(C(N)=NCC(F)(F)F)cn1)c1ccccc1. The molecule has 0 radical (unpaired) electrons. The van der Waals surface area contributed by atoms with Gasteiger partial charge in [0.2, 0.25) is 0 Å². The highest BCUT2D eigenvalue weighted by atomic mass is 19.4. The van der Waals surface area contributed by atoms with Crippen molar-refractivity contribution in [2.24, 2.45) is 10.7 Å². The molecule has 2 amide bonds. The minimum absolute atomic E-state index is 0.0234. The predicted molar refractivity (Wildman–Crippen MR) is 104 cm³/mol. The first kappa shape index (κ1) is 22.0. The van der Waals surface area contributed by atoms with E-state index in [1.807, 2.05) is 30.3 Å². The fourth-order valence-electron chi connectivity index (χ4n) is 2.40. The summed E-state index contributed by atoms with van der Waals surface area (Å²) in [5.74, 6) is -0.302. The quantitative estimate of drug-likeness (QED) is 0.412. The smallest absolute Gasteiger partial charge is 0.398 e. The van der Waals surface area contributed by atoms with E-state index in [4.69, 9.17) is 16.2 Å². The molecule has 1 atom stereocenters. The zero-order valence-corrected chi connectivity index (χ0v) is 15.5. The minimum Gasteiger partial charge on any atom is -0.398 e. The molecule has 1 aromatic carbocycles. The number of carbonyl (C=O) groups is 1. The maximum Gasteiger partial charge on any atom is 0.408 e. The van der Waals surface area contributed by atoms with Gasteiger partial charge in [-0.3, -0.25) is 10.3 Å². The van der Waals surface area contributed by atoms with Crippen molar-refractivity contribution in [3.63, 3.8) is 0 Å². The van der Waals surface area contributed by atoms with Crippen molar-refractivity contribution in [3.05, 3.63) is 53.7 Å². The normalized spacial score (nSPS) is 13.0. The number of halogens is 3. The number of methoxy groups -OCH3 is 1. The highest BCUT2D eigenvalue weighted by molar-refractivity contribution is 6.02. The number of urea groups is 1. The number of nitrogens with one attached hydrogen (secondary N) is 2. The number of nitrogen functional groups attached to an aromatic ring is 1. The number of amides is 2. The van der Waals surface area contributed by atoms with E-state index in [9.17, 15) is 18.0 Å². The van der Waals surface area contributed by atoms with Crippen LogP contribution in [0.3, 0.4) is 0 Å². The summed E-state index contributed by atoms with van der Waals surface area (Å²) in [6, 6.07) is 9.53. The van der Waals surface area contributed by atoms with Gasteiger partial charge in [0.05, 0.1) is 18.2 Å². The van der Waals surface area contributed by atoms with Gasteiger partial charge in [0, 0.05) is 25.1 Å². The largest absolute Gasteiger partial charge is 0.408 e. The number of nitrogens with zero attached hydrogens (tertiary/aromatic N) is 2. The van der Waals surface area contributed by atoms with Crippen LogP contribution in [0.1, 0.15) is 17.2 Å². The third kappa shape index (κ3) is 6.96. The second kappa shape index (κ2) is 9.73. The fourth-order valence-corrected chi connectivity index (χ4v) is 2.40. The molecule has 0 fully saturated rings. The topological polar surface area (TPSA) is 128 Å². The van der Waals surface area contributed by atoms with Gasteiger partial charge in [-0.05, 0) is 5.56 Å². The maximum absolute atomic E-state index is 12.3. The van der Waals surface area contributed by atoms with Crippen LogP contribution in [-0.2, 0) is 4.74 Å². The molecule has 0 spiro atoms. The molecule has 2 aromatic rings. The molecule has 8 nitrogen and oxygen atoms in total. The number of rotatable bonds is 7. The lowest BCUT2D eigenvalue weighted by Crippen LogP contribution is -2.35. The standard InChI is InChI=1S/C18H21F3N6O2/c1-29-9-14(11-5-3-2-4-6-11)26-17(28)27-15-7-13(22)12(8-24-15)16(23)25-10-18(19,20)21/h2-8,14H,9-10H2,1H3,(H2,23,25)(H4,22,24,26,27,28). The summed E-state index contributed by atoms with van der Waals surface area (Å²) in [5.41, 5.74) is 12.3. The third-order valence-electron chi connectivity index (χ3n) is 3.72. The summed E-state index contributed by atoms with van der Waals surface area (Å²) in [6.07, 6.45) is -3.34. The number of carbonyl (C=O) groups excluding carboxylic acids is 1. The Labute approximate surface area is 165 Å². The summed E-state index contributed by atoms with van der Waals surface area (Å²) in [6.45, 7) is -1.18. The third-order valence-corrected chi connectivity index (χ3v) is 3.72. The molecule has 0 aliphatic heterocycles. The number of pyridine rings is 1. The van der Waals surface area contributed by atoms with Crippen LogP contribution in [0.5, 0.6) is 0 Å². The Morgan fingerprint density at radius 3 is 2.59 bits per heavy atom. The van der Waals surface area contributed by atoms with Crippen LogP contribution in [-0.4, -0.2) is 43.3 Å². The van der Waals surface area contributed by atoms with Crippen LogP contribution in [0, 0.1) is 0 Å². The average Bonchev–Trinajstić information content (AvgIpc) is 2.66. The molecule has 2 rings (SSSR count). The van der Waals surface area contributed by atoms with E-state index in [1.165, 1.54) is 13.2 Å². The molecule has 11 heteroatoms. The molecule has 1 unspecified atom stereocenters. The molecule has 0 saturated carbocycles. The van der Waals surface area contributed by atoms with E-state index in [-0.39, 0.29) is 23.7 Å². The predicted octanol–water partition coefficient (Wildman–Crippen LogP) is 2.44. The molecule has 0 saturated heterocycles. The van der Waals surface area contributed by atoms with Crippen molar-refractivity contribution in [2.45, 2.75) is 12.2 Å². The lowest BCUT2D eigenvalue weighted by Gasteiger charge is -2.18. The van der Waals surface area contributed by atoms with Gasteiger partial charge in [-0.1, -0.05) is 30.3 Å². The monoisotopic (exact) mass is 410 g/mol. The van der Waals surface area contributed by atoms with Gasteiger partial charge in [0.15, 0.2) is 0 Å². The van der Waals surface area contributed by atoms with Crippen LogP contribution in [0.2, 0.25) is 0 Å². The number of ether oxygens (including phenoxy) is 1. The molecule has 6 N–H and O–H groups in total. The van der Waals surface area contributed by atoms with Gasteiger partial charge >= 0.3 is 12.2 Å². The number of benzene rings is 1. The number of aromatic nitrogens is 1. The molecule has 1 heterocycles. The lowest BCUT2D eigenvalue weighted by atomic mass is 10.1. The minimum atomic E-state index is -4.48. The number of amidine groups is 1. The molecule has 0 aliphatic carbocycles. The van der Waals surface area contributed by atoms with E-state index in [0.29, 0.717) is 0 Å². The van der Waals surface area contributed by atoms with Crippen LogP contribution in [0.25, 0.3) is 0 Å². The second-order valence-electron chi connectivity index (χ2n) is 5.99. The van der Waals surface area contributed by atoms with Gasteiger partial charge in [0.1, 0.15) is 18.2 Å². The van der Waals surface area contributed by atoms with E-state index >= 15 is 0 Å². The Bertz CT molecular complexity index is 858. The van der Waals surface area contributed by atoms with E-state index in [0.717, 1.165) is 11.8 Å². The molecule has 29 heavy (non-hydrogen) atoms. The van der Waals surface area contributed by atoms with Gasteiger partial charge in [-0.15, -0.1) is 0 Å². The zero-order chi connectivity index (χ0) is 21.4. The Hall–Kier alpha value is -3.34. The summed E-state index contributed by atoms with van der Waals surface area (Å²) in [5, 5.41) is 5.25. The number of anilines is 2. The van der Waals surface area contributed by atoms with E-state index in [1.54, 1.807) is 0 Å². The van der Waals surface area contributed by atoms with Crippen molar-refractivity contribution in [2.75, 3.05) is 31.3 Å².